The van der Waals surface area contributed by atoms with Crippen molar-refractivity contribution < 1.29 is 4.42 Å². The number of nitrogens with one attached hydrogen (secondary N) is 1. The van der Waals surface area contributed by atoms with Crippen LogP contribution in [0.5, 0.6) is 0 Å². The van der Waals surface area contributed by atoms with Crippen molar-refractivity contribution in [3.8, 4) is 11.1 Å². The lowest BCUT2D eigenvalue weighted by atomic mass is 9.90. The first-order valence-electron chi connectivity index (χ1n) is 16.6. The Hall–Kier alpha value is -6.52. The average molecular weight is 628 g/mol. The largest absolute Gasteiger partial charge is 0.456 e. The predicted octanol–water partition coefficient (Wildman–Crippen LogP) is 11.2. The van der Waals surface area contributed by atoms with E-state index in [1.165, 1.54) is 32.3 Å². The molecule has 0 saturated heterocycles. The van der Waals surface area contributed by atoms with Gasteiger partial charge >= 0.3 is 0 Å². The van der Waals surface area contributed by atoms with Gasteiger partial charge in [0.05, 0.1) is 0 Å². The van der Waals surface area contributed by atoms with E-state index in [1.54, 1.807) is 0 Å². The molecule has 0 bridgehead atoms. The van der Waals surface area contributed by atoms with E-state index >= 15 is 0 Å². The van der Waals surface area contributed by atoms with Crippen molar-refractivity contribution in [2.75, 3.05) is 0 Å². The molecule has 2 heterocycles. The van der Waals surface area contributed by atoms with Gasteiger partial charge in [0.2, 0.25) is 0 Å². The average Bonchev–Trinajstić information content (AvgIpc) is 3.58. The molecule has 0 spiro atoms. The summed E-state index contributed by atoms with van der Waals surface area (Å²) in [6.45, 7) is 0. The summed E-state index contributed by atoms with van der Waals surface area (Å²) < 4.78 is 6.58. The lowest BCUT2D eigenvalue weighted by molar-refractivity contribution is 0.662. The van der Waals surface area contributed by atoms with Crippen LogP contribution in [-0.2, 0) is 0 Å². The van der Waals surface area contributed by atoms with Crippen LogP contribution in [0.4, 0.5) is 0 Å². The van der Waals surface area contributed by atoms with Gasteiger partial charge in [-0.15, -0.1) is 0 Å². The molecule has 49 heavy (non-hydrogen) atoms. The van der Waals surface area contributed by atoms with E-state index in [2.05, 4.69) is 133 Å². The minimum Gasteiger partial charge on any atom is -0.456 e. The second-order valence-electron chi connectivity index (χ2n) is 12.5. The zero-order valence-corrected chi connectivity index (χ0v) is 26.5. The number of nitrogens with zero attached hydrogens (tertiary/aromatic N) is 2. The summed E-state index contributed by atoms with van der Waals surface area (Å²) in [4.78, 5) is 10.2. The maximum Gasteiger partial charge on any atom is 0.159 e. The van der Waals surface area contributed by atoms with Crippen LogP contribution in [0.2, 0.25) is 0 Å². The molecule has 1 aliphatic rings. The van der Waals surface area contributed by atoms with Gasteiger partial charge < -0.3 is 9.73 Å². The van der Waals surface area contributed by atoms with E-state index in [0.29, 0.717) is 5.84 Å². The molecule has 0 aliphatic carbocycles. The molecular formula is C45H29N3O. The van der Waals surface area contributed by atoms with Gasteiger partial charge in [0.25, 0.3) is 0 Å². The highest BCUT2D eigenvalue weighted by atomic mass is 16.3. The van der Waals surface area contributed by atoms with Crippen LogP contribution >= 0.6 is 0 Å². The molecule has 8 aromatic carbocycles. The third-order valence-corrected chi connectivity index (χ3v) is 9.73. The highest BCUT2D eigenvalue weighted by molar-refractivity contribution is 6.26. The van der Waals surface area contributed by atoms with Gasteiger partial charge in [-0.3, -0.25) is 0 Å². The van der Waals surface area contributed by atoms with Crippen molar-refractivity contribution in [3.63, 3.8) is 0 Å². The summed E-state index contributed by atoms with van der Waals surface area (Å²) in [5.41, 5.74) is 6.98. The smallest absolute Gasteiger partial charge is 0.159 e. The fraction of sp³-hybridized carbons (Fsp3) is 0.0222. The van der Waals surface area contributed by atoms with Gasteiger partial charge in [-0.25, -0.2) is 9.98 Å². The molecule has 1 aliphatic heterocycles. The lowest BCUT2D eigenvalue weighted by Crippen LogP contribution is -2.33. The number of amidine groups is 2. The van der Waals surface area contributed by atoms with Crippen LogP contribution in [0.3, 0.4) is 0 Å². The highest BCUT2D eigenvalue weighted by Gasteiger charge is 2.25. The standard InChI is InChI=1S/C45H29N3O/c1-3-13-28(14-4-1)43-46-44(29-15-5-2-6-16-29)48-45(47-43)37-22-12-24-40-42(37)41-31(21-11-23-39(41)49-40)30-25-26-36-34-19-8-7-17-32(34)33-18-9-10-20-35(33)38(36)27-30/h1-27,45H,(H,46,47,48). The Balaban J connectivity index is 1.20. The summed E-state index contributed by atoms with van der Waals surface area (Å²) >= 11 is 0. The van der Waals surface area contributed by atoms with E-state index in [-0.39, 0.29) is 6.17 Å². The Morgan fingerprint density at radius 3 is 1.71 bits per heavy atom. The Kier molecular flexibility index (Phi) is 6.21. The molecule has 4 heteroatoms. The molecule has 1 atom stereocenters. The van der Waals surface area contributed by atoms with Crippen LogP contribution in [0.15, 0.2) is 178 Å². The van der Waals surface area contributed by atoms with Crippen LogP contribution < -0.4 is 5.32 Å². The summed E-state index contributed by atoms with van der Waals surface area (Å²) in [6.07, 6.45) is -0.382. The Morgan fingerprint density at radius 2 is 1.02 bits per heavy atom. The normalized spacial score (nSPS) is 14.7. The van der Waals surface area contributed by atoms with Crippen LogP contribution in [0.1, 0.15) is 22.9 Å². The van der Waals surface area contributed by atoms with Gasteiger partial charge in [-0.1, -0.05) is 146 Å². The number of hydrogen-bond acceptors (Lipinski definition) is 4. The van der Waals surface area contributed by atoms with Gasteiger partial charge in [-0.2, -0.15) is 0 Å². The Bertz CT molecular complexity index is 2760. The number of aliphatic imine (C=N–C) groups is 2. The monoisotopic (exact) mass is 627 g/mol. The zero-order chi connectivity index (χ0) is 32.3. The third-order valence-electron chi connectivity index (χ3n) is 9.73. The lowest BCUT2D eigenvalue weighted by Gasteiger charge is -2.24. The molecule has 0 saturated carbocycles. The molecule has 0 radical (unpaired) electrons. The van der Waals surface area contributed by atoms with Gasteiger partial charge in [0.15, 0.2) is 5.84 Å². The quantitative estimate of drug-likeness (QED) is 0.197. The molecule has 10 rings (SSSR count). The molecule has 9 aromatic rings. The fourth-order valence-electron chi connectivity index (χ4n) is 7.51. The summed E-state index contributed by atoms with van der Waals surface area (Å²) in [7, 11) is 0. The van der Waals surface area contributed by atoms with Gasteiger partial charge in [0.1, 0.15) is 23.2 Å². The van der Waals surface area contributed by atoms with Crippen LogP contribution in [0, 0.1) is 0 Å². The van der Waals surface area contributed by atoms with Gasteiger partial charge in [-0.05, 0) is 61.6 Å². The van der Waals surface area contributed by atoms with Crippen molar-refractivity contribution in [2.24, 2.45) is 9.98 Å². The SMILES string of the molecule is c1ccc(C2=NC(c3cccc4oc5cccc(-c6ccc7c8ccccc8c8ccccc8c7c6)c5c34)NC(c3ccccc3)=N2)cc1. The second-order valence-corrected chi connectivity index (χ2v) is 12.5. The zero-order valence-electron chi connectivity index (χ0n) is 26.5. The van der Waals surface area contributed by atoms with Gasteiger partial charge in [0, 0.05) is 27.5 Å². The third kappa shape index (κ3) is 4.45. The number of rotatable bonds is 4. The number of benzene rings is 8. The summed E-state index contributed by atoms with van der Waals surface area (Å²) in [5, 5.41) is 13.4. The molecule has 1 aromatic heterocycles. The van der Waals surface area contributed by atoms with Crippen LogP contribution in [0.25, 0.3) is 65.4 Å². The summed E-state index contributed by atoms with van der Waals surface area (Å²) in [6, 6.07) is 57.4. The number of furan rings is 1. The molecule has 0 fully saturated rings. The van der Waals surface area contributed by atoms with E-state index in [4.69, 9.17) is 14.4 Å². The topological polar surface area (TPSA) is 49.9 Å². The Labute approximate surface area is 282 Å². The highest BCUT2D eigenvalue weighted by Crippen LogP contribution is 2.43. The molecule has 230 valence electrons. The number of fused-ring (bicyclic) bond motifs is 9. The first-order valence-corrected chi connectivity index (χ1v) is 16.6. The second kappa shape index (κ2) is 11.0. The van der Waals surface area contributed by atoms with Crippen molar-refractivity contribution in [1.82, 2.24) is 5.32 Å². The van der Waals surface area contributed by atoms with Crippen molar-refractivity contribution in [1.29, 1.82) is 0 Å². The van der Waals surface area contributed by atoms with E-state index in [9.17, 15) is 0 Å². The van der Waals surface area contributed by atoms with Crippen molar-refractivity contribution in [2.45, 2.75) is 6.17 Å². The molecule has 4 nitrogen and oxygen atoms in total. The van der Waals surface area contributed by atoms with Crippen LogP contribution in [-0.4, -0.2) is 11.7 Å². The van der Waals surface area contributed by atoms with E-state index in [0.717, 1.165) is 55.6 Å². The molecular weight excluding hydrogens is 599 g/mol. The first-order chi connectivity index (χ1) is 24.3. The molecule has 0 amide bonds. The minimum absolute atomic E-state index is 0.382. The maximum atomic E-state index is 6.58. The minimum atomic E-state index is -0.382. The van der Waals surface area contributed by atoms with Crippen molar-refractivity contribution in [3.05, 3.63) is 180 Å². The Morgan fingerprint density at radius 1 is 0.449 bits per heavy atom. The van der Waals surface area contributed by atoms with E-state index in [1.807, 2.05) is 36.4 Å². The molecule has 1 N–H and O–H groups in total. The number of hydrogen-bond donors (Lipinski definition) is 1. The first kappa shape index (κ1) is 27.6. The predicted molar refractivity (Wildman–Crippen MR) is 204 cm³/mol. The van der Waals surface area contributed by atoms with Crippen molar-refractivity contribution >= 4 is 65.9 Å². The van der Waals surface area contributed by atoms with E-state index < -0.39 is 0 Å². The fourth-order valence-corrected chi connectivity index (χ4v) is 7.51. The maximum absolute atomic E-state index is 6.58. The summed E-state index contributed by atoms with van der Waals surface area (Å²) in [5.74, 6) is 1.49. The molecule has 1 unspecified atom stereocenters.